The molecule has 0 saturated carbocycles. The Hall–Kier alpha value is -0.650. The SMILES string of the molecule is CCNC(COCCOCC)C(=O)O. The van der Waals surface area contributed by atoms with E-state index < -0.39 is 12.0 Å². The summed E-state index contributed by atoms with van der Waals surface area (Å²) in [6.07, 6.45) is 0. The Morgan fingerprint density at radius 2 is 2.00 bits per heavy atom. The van der Waals surface area contributed by atoms with Gasteiger partial charge in [0, 0.05) is 6.61 Å². The minimum absolute atomic E-state index is 0.177. The highest BCUT2D eigenvalue weighted by atomic mass is 16.5. The molecule has 0 radical (unpaired) electrons. The van der Waals surface area contributed by atoms with Crippen LogP contribution in [-0.4, -0.2) is 50.1 Å². The fourth-order valence-corrected chi connectivity index (χ4v) is 0.927. The number of hydrogen-bond donors (Lipinski definition) is 2. The molecule has 0 aromatic carbocycles. The van der Waals surface area contributed by atoms with Crippen LogP contribution in [0, 0.1) is 0 Å². The number of carbonyl (C=O) groups is 1. The molecular weight excluding hydrogens is 186 g/mol. The lowest BCUT2D eigenvalue weighted by Gasteiger charge is -2.13. The first kappa shape index (κ1) is 13.4. The van der Waals surface area contributed by atoms with Gasteiger partial charge < -0.3 is 19.9 Å². The van der Waals surface area contributed by atoms with Crippen molar-refractivity contribution >= 4 is 5.97 Å². The van der Waals surface area contributed by atoms with Gasteiger partial charge in [-0.25, -0.2) is 0 Å². The van der Waals surface area contributed by atoms with Crippen LogP contribution in [0.15, 0.2) is 0 Å². The van der Waals surface area contributed by atoms with Crippen LogP contribution >= 0.6 is 0 Å². The van der Waals surface area contributed by atoms with Crippen LogP contribution in [0.4, 0.5) is 0 Å². The summed E-state index contributed by atoms with van der Waals surface area (Å²) in [5.41, 5.74) is 0. The van der Waals surface area contributed by atoms with Crippen LogP contribution in [0.1, 0.15) is 13.8 Å². The number of likely N-dealkylation sites (N-methyl/N-ethyl adjacent to an activating group) is 1. The number of hydrogen-bond acceptors (Lipinski definition) is 4. The van der Waals surface area contributed by atoms with Crippen molar-refractivity contribution in [3.8, 4) is 0 Å². The number of carboxylic acid groups (broad SMARTS) is 1. The van der Waals surface area contributed by atoms with Gasteiger partial charge in [0.25, 0.3) is 0 Å². The van der Waals surface area contributed by atoms with Crippen LogP contribution in [0.25, 0.3) is 0 Å². The third kappa shape index (κ3) is 6.82. The molecule has 0 rings (SSSR count). The van der Waals surface area contributed by atoms with E-state index in [0.717, 1.165) is 0 Å². The van der Waals surface area contributed by atoms with Crippen molar-refractivity contribution in [2.45, 2.75) is 19.9 Å². The molecule has 0 saturated heterocycles. The first-order valence-electron chi connectivity index (χ1n) is 4.84. The van der Waals surface area contributed by atoms with Gasteiger partial charge in [0.05, 0.1) is 19.8 Å². The minimum Gasteiger partial charge on any atom is -0.480 e. The van der Waals surface area contributed by atoms with Crippen LogP contribution in [-0.2, 0) is 14.3 Å². The van der Waals surface area contributed by atoms with Crippen LogP contribution < -0.4 is 5.32 Å². The molecule has 14 heavy (non-hydrogen) atoms. The second kappa shape index (κ2) is 8.93. The summed E-state index contributed by atoms with van der Waals surface area (Å²) >= 11 is 0. The highest BCUT2D eigenvalue weighted by molar-refractivity contribution is 5.73. The lowest BCUT2D eigenvalue weighted by Crippen LogP contribution is -2.40. The quantitative estimate of drug-likeness (QED) is 0.523. The zero-order valence-corrected chi connectivity index (χ0v) is 8.78. The molecule has 1 unspecified atom stereocenters. The maximum Gasteiger partial charge on any atom is 0.323 e. The zero-order valence-electron chi connectivity index (χ0n) is 8.78. The first-order valence-corrected chi connectivity index (χ1v) is 4.84. The van der Waals surface area contributed by atoms with Gasteiger partial charge in [-0.2, -0.15) is 0 Å². The van der Waals surface area contributed by atoms with Gasteiger partial charge in [0.2, 0.25) is 0 Å². The number of carboxylic acids is 1. The van der Waals surface area contributed by atoms with Gasteiger partial charge in [-0.15, -0.1) is 0 Å². The van der Waals surface area contributed by atoms with E-state index in [1.807, 2.05) is 13.8 Å². The van der Waals surface area contributed by atoms with Gasteiger partial charge in [-0.05, 0) is 13.5 Å². The third-order valence-corrected chi connectivity index (χ3v) is 1.61. The predicted molar refractivity (Wildman–Crippen MR) is 52.4 cm³/mol. The van der Waals surface area contributed by atoms with Crippen LogP contribution in [0.5, 0.6) is 0 Å². The standard InChI is InChI=1S/C9H19NO4/c1-3-10-8(9(11)12)7-14-6-5-13-4-2/h8,10H,3-7H2,1-2H3,(H,11,12). The molecule has 5 nitrogen and oxygen atoms in total. The zero-order chi connectivity index (χ0) is 10.8. The largest absolute Gasteiger partial charge is 0.480 e. The number of rotatable bonds is 9. The maximum atomic E-state index is 10.6. The van der Waals surface area contributed by atoms with Crippen molar-refractivity contribution in [1.82, 2.24) is 5.32 Å². The predicted octanol–water partition coefficient (Wildman–Crippen LogP) is 0.102. The Bertz CT molecular complexity index is 152. The van der Waals surface area contributed by atoms with Gasteiger partial charge in [-0.1, -0.05) is 6.92 Å². The topological polar surface area (TPSA) is 67.8 Å². The van der Waals surface area contributed by atoms with E-state index in [2.05, 4.69) is 5.32 Å². The van der Waals surface area contributed by atoms with E-state index >= 15 is 0 Å². The molecule has 2 N–H and O–H groups in total. The number of aliphatic carboxylic acids is 1. The molecule has 1 atom stereocenters. The van der Waals surface area contributed by atoms with Gasteiger partial charge in [-0.3, -0.25) is 4.79 Å². The van der Waals surface area contributed by atoms with E-state index in [4.69, 9.17) is 14.6 Å². The summed E-state index contributed by atoms with van der Waals surface area (Å²) in [5, 5.41) is 11.5. The summed E-state index contributed by atoms with van der Waals surface area (Å²) in [7, 11) is 0. The van der Waals surface area contributed by atoms with Crippen molar-refractivity contribution in [3.05, 3.63) is 0 Å². The molecule has 0 aromatic heterocycles. The van der Waals surface area contributed by atoms with Crippen LogP contribution in [0.2, 0.25) is 0 Å². The van der Waals surface area contributed by atoms with Gasteiger partial charge in [0.15, 0.2) is 0 Å². The van der Waals surface area contributed by atoms with Gasteiger partial charge >= 0.3 is 5.97 Å². The monoisotopic (exact) mass is 205 g/mol. The van der Waals surface area contributed by atoms with Crippen molar-refractivity contribution < 1.29 is 19.4 Å². The van der Waals surface area contributed by atoms with Crippen molar-refractivity contribution in [2.24, 2.45) is 0 Å². The second-order valence-corrected chi connectivity index (χ2v) is 2.72. The third-order valence-electron chi connectivity index (χ3n) is 1.61. The summed E-state index contributed by atoms with van der Waals surface area (Å²) in [6.45, 7) is 6.15. The van der Waals surface area contributed by atoms with E-state index in [1.165, 1.54) is 0 Å². The lowest BCUT2D eigenvalue weighted by molar-refractivity contribution is -0.141. The Labute approximate surface area is 84.4 Å². The number of nitrogens with one attached hydrogen (secondary N) is 1. The molecular formula is C9H19NO4. The summed E-state index contributed by atoms with van der Waals surface area (Å²) < 4.78 is 10.2. The van der Waals surface area contributed by atoms with Gasteiger partial charge in [0.1, 0.15) is 6.04 Å². The molecule has 0 aliphatic heterocycles. The molecule has 84 valence electrons. The Morgan fingerprint density at radius 1 is 1.36 bits per heavy atom. The molecule has 0 bridgehead atoms. The molecule has 0 amide bonds. The Kier molecular flexibility index (Phi) is 8.51. The smallest absolute Gasteiger partial charge is 0.323 e. The van der Waals surface area contributed by atoms with E-state index in [9.17, 15) is 4.79 Å². The maximum absolute atomic E-state index is 10.6. The summed E-state index contributed by atoms with van der Waals surface area (Å²) in [6, 6.07) is -0.623. The van der Waals surface area contributed by atoms with Crippen molar-refractivity contribution in [1.29, 1.82) is 0 Å². The Balaban J connectivity index is 3.46. The molecule has 0 aromatic rings. The second-order valence-electron chi connectivity index (χ2n) is 2.72. The molecule has 0 heterocycles. The fourth-order valence-electron chi connectivity index (χ4n) is 0.927. The molecule has 0 aliphatic carbocycles. The normalized spacial score (nSPS) is 12.7. The van der Waals surface area contributed by atoms with Crippen molar-refractivity contribution in [3.63, 3.8) is 0 Å². The van der Waals surface area contributed by atoms with Crippen LogP contribution in [0.3, 0.4) is 0 Å². The average molecular weight is 205 g/mol. The lowest BCUT2D eigenvalue weighted by atomic mass is 10.3. The van der Waals surface area contributed by atoms with E-state index in [1.54, 1.807) is 0 Å². The Morgan fingerprint density at radius 3 is 2.50 bits per heavy atom. The average Bonchev–Trinajstić information content (AvgIpc) is 2.15. The highest BCUT2D eigenvalue weighted by Crippen LogP contribution is 1.87. The molecule has 5 heteroatoms. The van der Waals surface area contributed by atoms with E-state index in [0.29, 0.717) is 26.4 Å². The molecule has 0 fully saturated rings. The van der Waals surface area contributed by atoms with Crippen molar-refractivity contribution in [2.75, 3.05) is 33.0 Å². The van der Waals surface area contributed by atoms with E-state index in [-0.39, 0.29) is 6.61 Å². The summed E-state index contributed by atoms with van der Waals surface area (Å²) in [5.74, 6) is -0.886. The molecule has 0 spiro atoms. The number of ether oxygens (including phenoxy) is 2. The molecule has 0 aliphatic rings. The highest BCUT2D eigenvalue weighted by Gasteiger charge is 2.15. The fraction of sp³-hybridized carbons (Fsp3) is 0.889. The summed E-state index contributed by atoms with van der Waals surface area (Å²) in [4.78, 5) is 10.6. The first-order chi connectivity index (χ1) is 6.72. The minimum atomic E-state index is -0.886.